The van der Waals surface area contributed by atoms with Gasteiger partial charge in [-0.2, -0.15) is 5.26 Å². The smallest absolute Gasteiger partial charge is 0.253 e. The molecule has 1 unspecified atom stereocenters. The fraction of sp³-hybridized carbons (Fsp3) is 0.654. The van der Waals surface area contributed by atoms with Crippen molar-refractivity contribution < 1.29 is 23.7 Å². The Morgan fingerprint density at radius 1 is 1.11 bits per heavy atom. The van der Waals surface area contributed by atoms with Gasteiger partial charge in [0.2, 0.25) is 5.75 Å². The quantitative estimate of drug-likeness (QED) is 0.470. The number of aliphatic imine (C=N–C) groups is 1. The number of morpholine rings is 1. The van der Waals surface area contributed by atoms with E-state index in [-0.39, 0.29) is 12.0 Å². The van der Waals surface area contributed by atoms with Crippen LogP contribution in [0.3, 0.4) is 0 Å². The van der Waals surface area contributed by atoms with Gasteiger partial charge in [0.25, 0.3) is 5.91 Å². The highest BCUT2D eigenvalue weighted by molar-refractivity contribution is 5.85. The third-order valence-corrected chi connectivity index (χ3v) is 7.05. The molecule has 2 aliphatic heterocycles. The van der Waals surface area contributed by atoms with Crippen LogP contribution in [0, 0.1) is 11.3 Å². The molecule has 3 aliphatic rings. The zero-order valence-corrected chi connectivity index (χ0v) is 21.5. The Morgan fingerprint density at radius 3 is 2.53 bits per heavy atom. The molecule has 3 fully saturated rings. The topological polar surface area (TPSA) is 109 Å². The van der Waals surface area contributed by atoms with Crippen molar-refractivity contribution in [1.82, 2.24) is 15.1 Å². The second-order valence-corrected chi connectivity index (χ2v) is 9.36. The lowest BCUT2D eigenvalue weighted by Crippen LogP contribution is -2.50. The molecule has 10 heteroatoms. The number of nitrogens with one attached hydrogen (secondary N) is 1. The highest BCUT2D eigenvalue weighted by Crippen LogP contribution is 2.46. The minimum atomic E-state index is -0.414. The van der Waals surface area contributed by atoms with Crippen molar-refractivity contribution in [2.45, 2.75) is 51.2 Å². The lowest BCUT2D eigenvalue weighted by molar-refractivity contribution is -0.145. The summed E-state index contributed by atoms with van der Waals surface area (Å²) in [6, 6.07) is 4.01. The summed E-state index contributed by atoms with van der Waals surface area (Å²) in [5.74, 6) is 2.10. The number of amidine groups is 1. The van der Waals surface area contributed by atoms with Crippen molar-refractivity contribution >= 4 is 17.4 Å². The Morgan fingerprint density at radius 2 is 1.86 bits per heavy atom. The Balaban J connectivity index is 1.54. The fourth-order valence-electron chi connectivity index (χ4n) is 5.06. The van der Waals surface area contributed by atoms with E-state index in [1.165, 1.54) is 0 Å². The first-order valence-electron chi connectivity index (χ1n) is 12.8. The molecular weight excluding hydrogens is 462 g/mol. The van der Waals surface area contributed by atoms with E-state index in [4.69, 9.17) is 23.9 Å². The summed E-state index contributed by atoms with van der Waals surface area (Å²) >= 11 is 0. The second-order valence-electron chi connectivity index (χ2n) is 9.36. The Bertz CT molecular complexity index is 995. The van der Waals surface area contributed by atoms with Crippen LogP contribution < -0.4 is 19.5 Å². The number of ether oxygens (including phenoxy) is 4. The molecule has 196 valence electrons. The van der Waals surface area contributed by atoms with Gasteiger partial charge in [-0.25, -0.2) is 4.99 Å². The van der Waals surface area contributed by atoms with Gasteiger partial charge in [-0.1, -0.05) is 0 Å². The minimum absolute atomic E-state index is 0.0407. The number of nitriles is 1. The van der Waals surface area contributed by atoms with Crippen LogP contribution in [-0.4, -0.2) is 93.8 Å². The molecule has 10 nitrogen and oxygen atoms in total. The van der Waals surface area contributed by atoms with Gasteiger partial charge in [-0.05, 0) is 39.0 Å². The van der Waals surface area contributed by atoms with Gasteiger partial charge in [-0.15, -0.1) is 0 Å². The predicted octanol–water partition coefficient (Wildman–Crippen LogP) is 2.47. The SMILES string of the molecule is COc1cc(/N=C(\C)N2CCCN(C(=O)C3CNCCO3)CC2)c(C#N)c(OC2CCCC2)c1OC. The first-order chi connectivity index (χ1) is 17.5. The van der Waals surface area contributed by atoms with Gasteiger partial charge in [-0.3, -0.25) is 4.79 Å². The molecule has 0 aromatic heterocycles. The van der Waals surface area contributed by atoms with Crippen molar-refractivity contribution in [3.05, 3.63) is 11.6 Å². The molecule has 1 aliphatic carbocycles. The number of amides is 1. The average molecular weight is 500 g/mol. The predicted molar refractivity (Wildman–Crippen MR) is 135 cm³/mol. The highest BCUT2D eigenvalue weighted by atomic mass is 16.5. The average Bonchev–Trinajstić information content (AvgIpc) is 3.29. The van der Waals surface area contributed by atoms with Crippen molar-refractivity contribution in [3.63, 3.8) is 0 Å². The molecule has 36 heavy (non-hydrogen) atoms. The van der Waals surface area contributed by atoms with E-state index in [9.17, 15) is 10.1 Å². The molecule has 1 saturated carbocycles. The number of benzene rings is 1. The third kappa shape index (κ3) is 5.85. The minimum Gasteiger partial charge on any atom is -0.493 e. The van der Waals surface area contributed by atoms with E-state index in [1.807, 2.05) is 11.8 Å². The number of carbonyl (C=O) groups is 1. The van der Waals surface area contributed by atoms with E-state index >= 15 is 0 Å². The van der Waals surface area contributed by atoms with Crippen LogP contribution in [0.15, 0.2) is 11.1 Å². The molecular formula is C26H37N5O5. The number of nitrogens with zero attached hydrogens (tertiary/aromatic N) is 4. The fourth-order valence-corrected chi connectivity index (χ4v) is 5.06. The zero-order chi connectivity index (χ0) is 25.5. The monoisotopic (exact) mass is 499 g/mol. The number of carbonyl (C=O) groups excluding carboxylic acids is 1. The molecule has 0 spiro atoms. The highest BCUT2D eigenvalue weighted by Gasteiger charge is 2.29. The molecule has 1 atom stereocenters. The third-order valence-electron chi connectivity index (χ3n) is 7.05. The number of rotatable bonds is 6. The van der Waals surface area contributed by atoms with Gasteiger partial charge in [0, 0.05) is 45.3 Å². The van der Waals surface area contributed by atoms with Crippen molar-refractivity contribution in [3.8, 4) is 23.3 Å². The van der Waals surface area contributed by atoms with Gasteiger partial charge in [0.1, 0.15) is 23.6 Å². The summed E-state index contributed by atoms with van der Waals surface area (Å²) in [7, 11) is 3.11. The second kappa shape index (κ2) is 12.3. The van der Waals surface area contributed by atoms with Crippen LogP contribution in [-0.2, 0) is 9.53 Å². The summed E-state index contributed by atoms with van der Waals surface area (Å²) in [5.41, 5.74) is 0.826. The summed E-state index contributed by atoms with van der Waals surface area (Å²) in [6.07, 6.45) is 4.59. The maximum atomic E-state index is 12.9. The number of hydrogen-bond donors (Lipinski definition) is 1. The van der Waals surface area contributed by atoms with E-state index in [0.717, 1.165) is 51.0 Å². The van der Waals surface area contributed by atoms with Gasteiger partial charge >= 0.3 is 0 Å². The molecule has 0 radical (unpaired) electrons. The molecule has 1 amide bonds. The summed E-state index contributed by atoms with van der Waals surface area (Å²) in [4.78, 5) is 21.8. The lowest BCUT2D eigenvalue weighted by Gasteiger charge is -2.29. The van der Waals surface area contributed by atoms with Crippen molar-refractivity contribution in [1.29, 1.82) is 5.26 Å². The Hall–Kier alpha value is -3.03. The number of methoxy groups -OCH3 is 2. The van der Waals surface area contributed by atoms with Crippen molar-refractivity contribution in [2.24, 2.45) is 4.99 Å². The Kier molecular flexibility index (Phi) is 8.88. The van der Waals surface area contributed by atoms with Crippen LogP contribution in [0.25, 0.3) is 0 Å². The van der Waals surface area contributed by atoms with Crippen LogP contribution in [0.1, 0.15) is 44.6 Å². The molecule has 0 bridgehead atoms. The largest absolute Gasteiger partial charge is 0.493 e. The Labute approximate surface area is 213 Å². The standard InChI is InChI=1S/C26H37N5O5/c1-18(30-10-6-11-31(13-12-30)26(32)23-17-28-9-14-35-23)29-21-15-22(33-2)25(34-3)24(20(21)16-27)36-19-7-4-5-8-19/h15,19,23,28H,4-14,17H2,1-3H3/b29-18+. The van der Waals surface area contributed by atoms with E-state index < -0.39 is 6.10 Å². The van der Waals surface area contributed by atoms with E-state index in [1.54, 1.807) is 20.3 Å². The van der Waals surface area contributed by atoms with Gasteiger partial charge in [0.05, 0.1) is 32.6 Å². The summed E-state index contributed by atoms with van der Waals surface area (Å²) in [6.45, 7) is 6.52. The lowest BCUT2D eigenvalue weighted by atomic mass is 10.1. The molecule has 4 rings (SSSR count). The van der Waals surface area contributed by atoms with E-state index in [0.29, 0.717) is 61.3 Å². The van der Waals surface area contributed by atoms with Gasteiger partial charge < -0.3 is 34.1 Å². The normalized spacial score (nSPS) is 21.6. The molecule has 2 heterocycles. The molecule has 1 aromatic rings. The number of hydrogen-bond acceptors (Lipinski definition) is 8. The maximum Gasteiger partial charge on any atom is 0.253 e. The van der Waals surface area contributed by atoms with Gasteiger partial charge in [0.15, 0.2) is 11.5 Å². The zero-order valence-electron chi connectivity index (χ0n) is 21.5. The first kappa shape index (κ1) is 26.0. The van der Waals surface area contributed by atoms with Crippen LogP contribution in [0.2, 0.25) is 0 Å². The van der Waals surface area contributed by atoms with Crippen molar-refractivity contribution in [2.75, 3.05) is 60.1 Å². The van der Waals surface area contributed by atoms with E-state index in [2.05, 4.69) is 16.3 Å². The summed E-state index contributed by atoms with van der Waals surface area (Å²) in [5, 5.41) is 13.3. The molecule has 2 saturated heterocycles. The molecule has 1 N–H and O–H groups in total. The van der Waals surface area contributed by atoms with Crippen LogP contribution in [0.5, 0.6) is 17.2 Å². The first-order valence-corrected chi connectivity index (χ1v) is 12.8. The van der Waals surface area contributed by atoms with Crippen LogP contribution in [0.4, 0.5) is 5.69 Å². The van der Waals surface area contributed by atoms with Crippen LogP contribution >= 0.6 is 0 Å². The maximum absolute atomic E-state index is 12.9. The summed E-state index contributed by atoms with van der Waals surface area (Å²) < 4.78 is 23.1. The molecule has 1 aromatic carbocycles.